The van der Waals surface area contributed by atoms with Crippen LogP contribution in [-0.2, 0) is 28.6 Å². The van der Waals surface area contributed by atoms with Gasteiger partial charge in [-0.2, -0.15) is 0 Å². The topological polar surface area (TPSA) is 78.9 Å². The lowest BCUT2D eigenvalue weighted by molar-refractivity contribution is -0.167. The zero-order valence-corrected chi connectivity index (χ0v) is 43.3. The zero-order valence-electron chi connectivity index (χ0n) is 43.3. The number of hydrogen-bond acceptors (Lipinski definition) is 6. The van der Waals surface area contributed by atoms with Crippen LogP contribution in [0, 0.1) is 0 Å². The molecule has 0 saturated heterocycles. The minimum absolute atomic E-state index is 0.0650. The molecule has 0 aromatic rings. The number of unbranched alkanes of at least 4 members (excludes halogenated alkanes) is 40. The first-order valence-corrected chi connectivity index (χ1v) is 28.7. The second kappa shape index (κ2) is 53.8. The molecule has 0 heterocycles. The van der Waals surface area contributed by atoms with E-state index in [0.29, 0.717) is 19.3 Å². The summed E-state index contributed by atoms with van der Waals surface area (Å²) < 4.78 is 16.7. The van der Waals surface area contributed by atoms with Gasteiger partial charge in [0.2, 0.25) is 0 Å². The van der Waals surface area contributed by atoms with E-state index in [0.717, 1.165) is 64.2 Å². The van der Waals surface area contributed by atoms with Crippen LogP contribution < -0.4 is 0 Å². The highest BCUT2D eigenvalue weighted by Gasteiger charge is 2.19. The third kappa shape index (κ3) is 51.1. The van der Waals surface area contributed by atoms with E-state index in [2.05, 4.69) is 32.9 Å². The Hall–Kier alpha value is -1.85. The lowest BCUT2D eigenvalue weighted by Crippen LogP contribution is -2.30. The molecule has 0 amide bonds. The van der Waals surface area contributed by atoms with Crippen LogP contribution in [0.4, 0.5) is 0 Å². The van der Waals surface area contributed by atoms with Crippen LogP contribution in [-0.4, -0.2) is 37.2 Å². The maximum Gasteiger partial charge on any atom is 0.306 e. The zero-order chi connectivity index (χ0) is 46.5. The van der Waals surface area contributed by atoms with Gasteiger partial charge in [0.15, 0.2) is 6.10 Å². The van der Waals surface area contributed by atoms with Crippen molar-refractivity contribution < 1.29 is 28.6 Å². The highest BCUT2D eigenvalue weighted by Crippen LogP contribution is 2.17. The van der Waals surface area contributed by atoms with Crippen molar-refractivity contribution >= 4 is 17.9 Å². The first-order chi connectivity index (χ1) is 31.5. The molecule has 0 radical (unpaired) electrons. The molecular formula is C58H110O6. The monoisotopic (exact) mass is 903 g/mol. The maximum absolute atomic E-state index is 12.7. The van der Waals surface area contributed by atoms with Crippen LogP contribution >= 0.6 is 0 Å². The van der Waals surface area contributed by atoms with Crippen molar-refractivity contribution in [3.8, 4) is 0 Å². The van der Waals surface area contributed by atoms with E-state index in [9.17, 15) is 14.4 Å². The molecule has 0 aliphatic rings. The highest BCUT2D eigenvalue weighted by atomic mass is 16.6. The van der Waals surface area contributed by atoms with Gasteiger partial charge in [0.25, 0.3) is 0 Å². The highest BCUT2D eigenvalue weighted by molar-refractivity contribution is 5.71. The van der Waals surface area contributed by atoms with E-state index < -0.39 is 6.10 Å². The Morgan fingerprint density at radius 2 is 0.516 bits per heavy atom. The molecule has 1 unspecified atom stereocenters. The second-order valence-electron chi connectivity index (χ2n) is 19.6. The second-order valence-corrected chi connectivity index (χ2v) is 19.6. The van der Waals surface area contributed by atoms with Gasteiger partial charge in [-0.3, -0.25) is 14.4 Å². The molecule has 6 nitrogen and oxygen atoms in total. The van der Waals surface area contributed by atoms with Crippen LogP contribution in [0.3, 0.4) is 0 Å². The van der Waals surface area contributed by atoms with E-state index in [1.165, 1.54) is 218 Å². The molecule has 6 heteroatoms. The normalized spacial score (nSPS) is 12.0. The molecule has 1 atom stereocenters. The Balaban J connectivity index is 3.83. The molecule has 0 fully saturated rings. The van der Waals surface area contributed by atoms with Crippen LogP contribution in [0.5, 0.6) is 0 Å². The summed E-state index contributed by atoms with van der Waals surface area (Å²) >= 11 is 0. The molecule has 0 rings (SSSR count). The number of ether oxygens (including phenoxy) is 3. The average molecular weight is 904 g/mol. The fourth-order valence-electron chi connectivity index (χ4n) is 8.68. The minimum Gasteiger partial charge on any atom is -0.462 e. The summed E-state index contributed by atoms with van der Waals surface area (Å²) in [7, 11) is 0. The molecule has 0 aromatic heterocycles. The summed E-state index contributed by atoms with van der Waals surface area (Å²) in [5.74, 6) is -0.865. The molecule has 0 aliphatic carbocycles. The van der Waals surface area contributed by atoms with Gasteiger partial charge in [0.05, 0.1) is 0 Å². The fourth-order valence-corrected chi connectivity index (χ4v) is 8.68. The van der Waals surface area contributed by atoms with Gasteiger partial charge in [-0.15, -0.1) is 0 Å². The molecular weight excluding hydrogens is 793 g/mol. The van der Waals surface area contributed by atoms with Gasteiger partial charge in [0.1, 0.15) is 13.2 Å². The third-order valence-electron chi connectivity index (χ3n) is 13.0. The molecule has 0 N–H and O–H groups in total. The number of hydrogen-bond donors (Lipinski definition) is 0. The summed E-state index contributed by atoms with van der Waals surface area (Å²) in [4.78, 5) is 37.6. The van der Waals surface area contributed by atoms with E-state index in [-0.39, 0.29) is 31.1 Å². The Kier molecular flexibility index (Phi) is 52.2. The van der Waals surface area contributed by atoms with Gasteiger partial charge in [-0.1, -0.05) is 270 Å². The first kappa shape index (κ1) is 62.1. The predicted molar refractivity (Wildman–Crippen MR) is 275 cm³/mol. The van der Waals surface area contributed by atoms with Crippen LogP contribution in [0.2, 0.25) is 0 Å². The number of esters is 3. The van der Waals surface area contributed by atoms with Crippen molar-refractivity contribution in [2.45, 2.75) is 329 Å². The maximum atomic E-state index is 12.7. The lowest BCUT2D eigenvalue weighted by Gasteiger charge is -2.18. The number of carbonyl (C=O) groups is 3. The number of allylic oxidation sites excluding steroid dienone is 2. The number of carbonyl (C=O) groups excluding carboxylic acids is 3. The van der Waals surface area contributed by atoms with Gasteiger partial charge >= 0.3 is 17.9 Å². The SMILES string of the molecule is CCCCCCCCCC/C=C\CCCCCCCCCCCCCCCCCCCCCC(=O)OCC(COC(=O)CCCCCCC)OC(=O)CCCCCCCCCCCC. The van der Waals surface area contributed by atoms with E-state index in [1.807, 2.05) is 0 Å². The lowest BCUT2D eigenvalue weighted by atomic mass is 10.0. The Morgan fingerprint density at radius 3 is 0.781 bits per heavy atom. The van der Waals surface area contributed by atoms with Crippen molar-refractivity contribution in [2.24, 2.45) is 0 Å². The largest absolute Gasteiger partial charge is 0.462 e. The summed E-state index contributed by atoms with van der Waals surface area (Å²) in [5.41, 5.74) is 0. The van der Waals surface area contributed by atoms with Gasteiger partial charge in [-0.25, -0.2) is 0 Å². The van der Waals surface area contributed by atoms with Crippen molar-refractivity contribution in [1.82, 2.24) is 0 Å². The van der Waals surface area contributed by atoms with Crippen molar-refractivity contribution in [1.29, 1.82) is 0 Å². The van der Waals surface area contributed by atoms with E-state index >= 15 is 0 Å². The van der Waals surface area contributed by atoms with Crippen LogP contribution in [0.25, 0.3) is 0 Å². The van der Waals surface area contributed by atoms with Crippen molar-refractivity contribution in [2.75, 3.05) is 13.2 Å². The van der Waals surface area contributed by atoms with Crippen LogP contribution in [0.1, 0.15) is 323 Å². The molecule has 0 saturated carbocycles. The quantitative estimate of drug-likeness (QED) is 0.0262. The summed E-state index contributed by atoms with van der Waals surface area (Å²) in [5, 5.41) is 0. The molecule has 0 aliphatic heterocycles. The fraction of sp³-hybridized carbons (Fsp3) is 0.914. The van der Waals surface area contributed by atoms with Crippen LogP contribution in [0.15, 0.2) is 12.2 Å². The Bertz CT molecular complexity index is 993. The smallest absolute Gasteiger partial charge is 0.306 e. The molecule has 0 aromatic carbocycles. The molecule has 64 heavy (non-hydrogen) atoms. The standard InChI is InChI=1S/C58H110O6/c1-4-7-10-13-15-17-19-20-21-22-23-24-25-26-27-28-29-30-31-32-33-34-35-36-37-38-39-41-42-45-48-51-57(60)63-54-55(53-62-56(59)50-47-44-12-9-6-3)64-58(61)52-49-46-43-40-18-16-14-11-8-5-2/h22-23,55H,4-21,24-54H2,1-3H3/b23-22-. The summed E-state index contributed by atoms with van der Waals surface area (Å²) in [6.07, 6.45) is 61.4. The van der Waals surface area contributed by atoms with Gasteiger partial charge < -0.3 is 14.2 Å². The Labute approximate surface area is 399 Å². The molecule has 378 valence electrons. The van der Waals surface area contributed by atoms with Crippen molar-refractivity contribution in [3.05, 3.63) is 12.2 Å². The van der Waals surface area contributed by atoms with E-state index in [1.54, 1.807) is 0 Å². The summed E-state index contributed by atoms with van der Waals surface area (Å²) in [6.45, 7) is 6.58. The van der Waals surface area contributed by atoms with Gasteiger partial charge in [0, 0.05) is 19.3 Å². The summed E-state index contributed by atoms with van der Waals surface area (Å²) in [6, 6.07) is 0. The van der Waals surface area contributed by atoms with E-state index in [4.69, 9.17) is 14.2 Å². The average Bonchev–Trinajstić information content (AvgIpc) is 3.29. The third-order valence-corrected chi connectivity index (χ3v) is 13.0. The molecule has 0 bridgehead atoms. The Morgan fingerprint density at radius 1 is 0.297 bits per heavy atom. The predicted octanol–water partition coefficient (Wildman–Crippen LogP) is 18.9. The van der Waals surface area contributed by atoms with Crippen molar-refractivity contribution in [3.63, 3.8) is 0 Å². The molecule has 0 spiro atoms. The minimum atomic E-state index is -0.759. The first-order valence-electron chi connectivity index (χ1n) is 28.7. The van der Waals surface area contributed by atoms with Gasteiger partial charge in [-0.05, 0) is 44.9 Å². The number of rotatable bonds is 53.